The van der Waals surface area contributed by atoms with Crippen molar-refractivity contribution in [1.29, 1.82) is 0 Å². The Bertz CT molecular complexity index is 439. The van der Waals surface area contributed by atoms with Crippen molar-refractivity contribution in [3.63, 3.8) is 0 Å². The van der Waals surface area contributed by atoms with Gasteiger partial charge in [0, 0.05) is 38.1 Å². The molecule has 1 rings (SSSR count). The first-order valence-electron chi connectivity index (χ1n) is 6.91. The average molecular weight is 266 g/mol. The van der Waals surface area contributed by atoms with Crippen molar-refractivity contribution in [2.24, 2.45) is 5.92 Å². The second-order valence-electron chi connectivity index (χ2n) is 5.63. The lowest BCUT2D eigenvalue weighted by atomic mass is 10.2. The maximum atomic E-state index is 12.1. The van der Waals surface area contributed by atoms with E-state index in [0.717, 1.165) is 19.6 Å². The zero-order valence-corrected chi connectivity index (χ0v) is 12.7. The molecular weight excluding hydrogens is 240 g/mol. The molecule has 0 saturated heterocycles. The summed E-state index contributed by atoms with van der Waals surface area (Å²) in [6, 6.07) is 0.503. The highest BCUT2D eigenvalue weighted by molar-refractivity contribution is 5.30. The molecule has 5 nitrogen and oxygen atoms in total. The molecule has 0 radical (unpaired) electrons. The van der Waals surface area contributed by atoms with Gasteiger partial charge in [0.2, 0.25) is 0 Å². The van der Waals surface area contributed by atoms with E-state index in [4.69, 9.17) is 0 Å². The fraction of sp³-hybridized carbons (Fsp3) is 0.714. The lowest BCUT2D eigenvalue weighted by Crippen LogP contribution is -2.33. The molecule has 0 atom stereocenters. The SMILES string of the molecule is CC(C)Cn1ccnc(NCCN(C)C(C)C)c1=O. The Labute approximate surface area is 115 Å². The highest BCUT2D eigenvalue weighted by Crippen LogP contribution is 1.99. The number of anilines is 1. The van der Waals surface area contributed by atoms with E-state index in [-0.39, 0.29) is 5.56 Å². The Hall–Kier alpha value is -1.36. The van der Waals surface area contributed by atoms with Gasteiger partial charge in [-0.15, -0.1) is 0 Å². The molecule has 0 saturated carbocycles. The summed E-state index contributed by atoms with van der Waals surface area (Å²) in [5, 5.41) is 3.13. The molecule has 1 aromatic rings. The van der Waals surface area contributed by atoms with Crippen LogP contribution in [0.25, 0.3) is 0 Å². The van der Waals surface area contributed by atoms with Crippen LogP contribution in [0, 0.1) is 5.92 Å². The Balaban J connectivity index is 2.62. The van der Waals surface area contributed by atoms with Gasteiger partial charge < -0.3 is 14.8 Å². The number of likely N-dealkylation sites (N-methyl/N-ethyl adjacent to an activating group) is 1. The molecule has 0 bridgehead atoms. The second kappa shape index (κ2) is 7.28. The molecule has 1 N–H and O–H groups in total. The third-order valence-corrected chi connectivity index (χ3v) is 3.11. The molecular formula is C14H26N4O. The smallest absolute Gasteiger partial charge is 0.293 e. The predicted octanol–water partition coefficient (Wildman–Crippen LogP) is 1.65. The third-order valence-electron chi connectivity index (χ3n) is 3.11. The van der Waals surface area contributed by atoms with E-state index in [2.05, 4.69) is 49.9 Å². The fourth-order valence-corrected chi connectivity index (χ4v) is 1.71. The molecule has 0 aromatic carbocycles. The summed E-state index contributed by atoms with van der Waals surface area (Å²) in [5.41, 5.74) is -0.0385. The zero-order chi connectivity index (χ0) is 14.4. The highest BCUT2D eigenvalue weighted by Gasteiger charge is 2.07. The van der Waals surface area contributed by atoms with Crippen LogP contribution in [-0.2, 0) is 6.54 Å². The fourth-order valence-electron chi connectivity index (χ4n) is 1.71. The van der Waals surface area contributed by atoms with Crippen molar-refractivity contribution < 1.29 is 0 Å². The van der Waals surface area contributed by atoms with E-state index < -0.39 is 0 Å². The van der Waals surface area contributed by atoms with Crippen LogP contribution < -0.4 is 10.9 Å². The van der Waals surface area contributed by atoms with Gasteiger partial charge in [-0.05, 0) is 26.8 Å². The van der Waals surface area contributed by atoms with Crippen LogP contribution in [-0.4, -0.2) is 40.6 Å². The molecule has 5 heteroatoms. The number of nitrogens with one attached hydrogen (secondary N) is 1. The topological polar surface area (TPSA) is 50.2 Å². The van der Waals surface area contributed by atoms with Crippen molar-refractivity contribution in [1.82, 2.24) is 14.5 Å². The molecule has 19 heavy (non-hydrogen) atoms. The van der Waals surface area contributed by atoms with Crippen LogP contribution in [0.1, 0.15) is 27.7 Å². The normalized spacial score (nSPS) is 11.6. The Morgan fingerprint density at radius 1 is 1.37 bits per heavy atom. The van der Waals surface area contributed by atoms with Gasteiger partial charge in [-0.3, -0.25) is 4.79 Å². The summed E-state index contributed by atoms with van der Waals surface area (Å²) in [4.78, 5) is 18.5. The molecule has 0 fully saturated rings. The summed E-state index contributed by atoms with van der Waals surface area (Å²) in [5.74, 6) is 0.889. The molecule has 0 amide bonds. The number of nitrogens with zero attached hydrogens (tertiary/aromatic N) is 3. The summed E-state index contributed by atoms with van der Waals surface area (Å²) in [7, 11) is 2.07. The average Bonchev–Trinajstić information content (AvgIpc) is 2.32. The molecule has 1 aromatic heterocycles. The standard InChI is InChI=1S/C14H26N4O/c1-11(2)10-18-9-7-16-13(14(18)19)15-6-8-17(5)12(3)4/h7,9,11-12H,6,8,10H2,1-5H3,(H,15,16). The van der Waals surface area contributed by atoms with E-state index >= 15 is 0 Å². The van der Waals surface area contributed by atoms with E-state index in [9.17, 15) is 4.79 Å². The van der Waals surface area contributed by atoms with Crippen molar-refractivity contribution >= 4 is 5.82 Å². The number of hydrogen-bond donors (Lipinski definition) is 1. The van der Waals surface area contributed by atoms with Crippen LogP contribution in [0.5, 0.6) is 0 Å². The number of rotatable bonds is 7. The van der Waals surface area contributed by atoms with Gasteiger partial charge in [-0.1, -0.05) is 13.8 Å². The van der Waals surface area contributed by atoms with E-state index in [1.54, 1.807) is 17.0 Å². The Morgan fingerprint density at radius 2 is 2.05 bits per heavy atom. The first kappa shape index (κ1) is 15.7. The third kappa shape index (κ3) is 5.03. The van der Waals surface area contributed by atoms with Gasteiger partial charge in [0.1, 0.15) is 0 Å². The van der Waals surface area contributed by atoms with Crippen molar-refractivity contribution in [3.05, 3.63) is 22.7 Å². The van der Waals surface area contributed by atoms with Gasteiger partial charge in [0.15, 0.2) is 5.82 Å². The van der Waals surface area contributed by atoms with Crippen molar-refractivity contribution in [2.75, 3.05) is 25.5 Å². The van der Waals surface area contributed by atoms with Crippen LogP contribution in [0.2, 0.25) is 0 Å². The van der Waals surface area contributed by atoms with Crippen molar-refractivity contribution in [3.8, 4) is 0 Å². The molecule has 0 spiro atoms. The number of hydrogen-bond acceptors (Lipinski definition) is 4. The molecule has 0 unspecified atom stereocenters. The Kier molecular flexibility index (Phi) is 6.02. The molecule has 1 heterocycles. The number of aromatic nitrogens is 2. The summed E-state index contributed by atoms with van der Waals surface area (Å²) in [6.45, 7) is 10.8. The van der Waals surface area contributed by atoms with E-state index in [1.165, 1.54) is 0 Å². The van der Waals surface area contributed by atoms with Crippen LogP contribution in [0.4, 0.5) is 5.82 Å². The summed E-state index contributed by atoms with van der Waals surface area (Å²) < 4.78 is 1.71. The minimum atomic E-state index is -0.0385. The summed E-state index contributed by atoms with van der Waals surface area (Å²) >= 11 is 0. The predicted molar refractivity (Wildman–Crippen MR) is 79.6 cm³/mol. The van der Waals surface area contributed by atoms with Crippen LogP contribution in [0.15, 0.2) is 17.2 Å². The lowest BCUT2D eigenvalue weighted by Gasteiger charge is -2.21. The molecule has 108 valence electrons. The monoisotopic (exact) mass is 266 g/mol. The molecule has 0 aliphatic rings. The van der Waals surface area contributed by atoms with Gasteiger partial charge in [-0.2, -0.15) is 0 Å². The van der Waals surface area contributed by atoms with E-state index in [1.807, 2.05) is 0 Å². The van der Waals surface area contributed by atoms with Gasteiger partial charge in [-0.25, -0.2) is 4.98 Å². The van der Waals surface area contributed by atoms with Crippen molar-refractivity contribution in [2.45, 2.75) is 40.3 Å². The Morgan fingerprint density at radius 3 is 2.63 bits per heavy atom. The lowest BCUT2D eigenvalue weighted by molar-refractivity contribution is 0.284. The van der Waals surface area contributed by atoms with Gasteiger partial charge in [0.25, 0.3) is 5.56 Å². The molecule has 0 aliphatic carbocycles. The maximum absolute atomic E-state index is 12.1. The molecule has 0 aliphatic heterocycles. The first-order valence-corrected chi connectivity index (χ1v) is 6.91. The van der Waals surface area contributed by atoms with Gasteiger partial charge >= 0.3 is 0 Å². The largest absolute Gasteiger partial charge is 0.364 e. The summed E-state index contributed by atoms with van der Waals surface area (Å²) in [6.07, 6.45) is 3.42. The second-order valence-corrected chi connectivity index (χ2v) is 5.63. The van der Waals surface area contributed by atoms with Crippen LogP contribution >= 0.6 is 0 Å². The quantitative estimate of drug-likeness (QED) is 0.815. The minimum absolute atomic E-state index is 0.0385. The first-order chi connectivity index (χ1) is 8.91. The van der Waals surface area contributed by atoms with E-state index in [0.29, 0.717) is 17.8 Å². The highest BCUT2D eigenvalue weighted by atomic mass is 16.1. The minimum Gasteiger partial charge on any atom is -0.364 e. The van der Waals surface area contributed by atoms with Gasteiger partial charge in [0.05, 0.1) is 0 Å². The maximum Gasteiger partial charge on any atom is 0.293 e. The van der Waals surface area contributed by atoms with Crippen LogP contribution in [0.3, 0.4) is 0 Å². The zero-order valence-electron chi connectivity index (χ0n) is 12.7.